The third kappa shape index (κ3) is 4.17. The fourth-order valence-electron chi connectivity index (χ4n) is 10.2. The van der Waals surface area contributed by atoms with Crippen LogP contribution in [0, 0.1) is 0 Å². The monoisotopic (exact) mass is 694 g/mol. The molecule has 10 aromatic carbocycles. The van der Waals surface area contributed by atoms with E-state index < -0.39 is 5.41 Å². The van der Waals surface area contributed by atoms with Crippen molar-refractivity contribution in [2.75, 3.05) is 0 Å². The largest absolute Gasteiger partial charge is 0.0725 e. The van der Waals surface area contributed by atoms with Gasteiger partial charge in [-0.25, -0.2) is 0 Å². The Balaban J connectivity index is 1.21. The van der Waals surface area contributed by atoms with Gasteiger partial charge in [0, 0.05) is 0 Å². The van der Waals surface area contributed by atoms with Crippen LogP contribution in [0.15, 0.2) is 206 Å². The summed E-state index contributed by atoms with van der Waals surface area (Å²) in [5.41, 5.74) is 17.8. The van der Waals surface area contributed by atoms with Crippen LogP contribution in [-0.4, -0.2) is 0 Å². The van der Waals surface area contributed by atoms with Crippen LogP contribution in [0.3, 0.4) is 0 Å². The van der Waals surface area contributed by atoms with E-state index in [1.54, 1.807) is 0 Å². The second-order valence-electron chi connectivity index (χ2n) is 15.1. The van der Waals surface area contributed by atoms with Gasteiger partial charge in [0.2, 0.25) is 0 Å². The van der Waals surface area contributed by atoms with Crippen LogP contribution < -0.4 is 0 Å². The van der Waals surface area contributed by atoms with Gasteiger partial charge in [-0.2, -0.15) is 0 Å². The minimum atomic E-state index is -0.427. The molecule has 0 heteroatoms. The lowest BCUT2D eigenvalue weighted by atomic mass is 9.70. The quantitative estimate of drug-likeness (QED) is 0.173. The smallest absolute Gasteiger partial charge is 0.0619 e. The molecule has 0 unspecified atom stereocenters. The van der Waals surface area contributed by atoms with Crippen LogP contribution in [0.1, 0.15) is 22.3 Å². The van der Waals surface area contributed by atoms with Gasteiger partial charge in [-0.1, -0.05) is 182 Å². The van der Waals surface area contributed by atoms with E-state index in [2.05, 4.69) is 206 Å². The number of hydrogen-bond acceptors (Lipinski definition) is 0. The summed E-state index contributed by atoms with van der Waals surface area (Å²) in [6.07, 6.45) is 0. The summed E-state index contributed by atoms with van der Waals surface area (Å²) in [5.74, 6) is 0. The van der Waals surface area contributed by atoms with Crippen molar-refractivity contribution in [3.63, 3.8) is 0 Å². The van der Waals surface area contributed by atoms with Crippen LogP contribution >= 0.6 is 0 Å². The molecule has 0 radical (unpaired) electrons. The zero-order valence-corrected chi connectivity index (χ0v) is 30.1. The van der Waals surface area contributed by atoms with E-state index in [-0.39, 0.29) is 0 Å². The fourth-order valence-corrected chi connectivity index (χ4v) is 10.2. The molecule has 254 valence electrons. The number of fused-ring (bicyclic) bond motifs is 14. The van der Waals surface area contributed by atoms with Gasteiger partial charge in [0.15, 0.2) is 0 Å². The predicted octanol–water partition coefficient (Wildman–Crippen LogP) is 14.5. The first-order valence-corrected chi connectivity index (χ1v) is 19.3. The topological polar surface area (TPSA) is 0 Å². The fraction of sp³-hybridized carbons (Fsp3) is 0.0182. The minimum Gasteiger partial charge on any atom is -0.0619 e. The molecule has 0 N–H and O–H groups in total. The lowest BCUT2D eigenvalue weighted by Crippen LogP contribution is -2.25. The van der Waals surface area contributed by atoms with Crippen LogP contribution in [0.25, 0.3) is 88.0 Å². The maximum Gasteiger partial charge on any atom is 0.0725 e. The van der Waals surface area contributed by atoms with E-state index in [1.807, 2.05) is 0 Å². The molecule has 0 nitrogen and oxygen atoms in total. The first-order chi connectivity index (χ1) is 27.3. The molecule has 0 heterocycles. The van der Waals surface area contributed by atoms with Crippen LogP contribution in [0.2, 0.25) is 0 Å². The summed E-state index contributed by atoms with van der Waals surface area (Å²) in [5, 5.41) is 7.59. The summed E-state index contributed by atoms with van der Waals surface area (Å²) in [4.78, 5) is 0. The summed E-state index contributed by atoms with van der Waals surface area (Å²) in [6.45, 7) is 0. The molecule has 0 fully saturated rings. The Morgan fingerprint density at radius 2 is 0.618 bits per heavy atom. The molecule has 0 bridgehead atoms. The number of rotatable bonds is 3. The van der Waals surface area contributed by atoms with E-state index in [0.717, 1.165) is 0 Å². The van der Waals surface area contributed by atoms with Crippen LogP contribution in [0.5, 0.6) is 0 Å². The van der Waals surface area contributed by atoms with Gasteiger partial charge in [0.1, 0.15) is 0 Å². The van der Waals surface area contributed by atoms with E-state index >= 15 is 0 Å². The number of benzene rings is 10. The standard InChI is InChI=1S/C55H34/c1-3-19-40-35(15-1)17-13-26-42(40)37-31-38(43-27-14-18-36-16-2-4-20-41(36)43)33-39(32-37)49-34-53-54(47-24-6-5-21-44(47)49)48-25-9-12-30-52(48)55(53)50-28-10-7-22-45(50)46-23-8-11-29-51(46)55/h1-34H. The van der Waals surface area contributed by atoms with Gasteiger partial charge in [0.05, 0.1) is 5.41 Å². The summed E-state index contributed by atoms with van der Waals surface area (Å²) >= 11 is 0. The highest BCUT2D eigenvalue weighted by Crippen LogP contribution is 2.64. The Bertz CT molecular complexity index is 3060. The summed E-state index contributed by atoms with van der Waals surface area (Å²) < 4.78 is 0. The van der Waals surface area contributed by atoms with E-state index in [1.165, 1.54) is 110 Å². The van der Waals surface area contributed by atoms with Gasteiger partial charge in [-0.15, -0.1) is 0 Å². The van der Waals surface area contributed by atoms with Crippen molar-refractivity contribution < 1.29 is 0 Å². The molecule has 2 aliphatic carbocycles. The molecule has 2 aliphatic rings. The lowest BCUT2D eigenvalue weighted by Gasteiger charge is -2.31. The van der Waals surface area contributed by atoms with Gasteiger partial charge >= 0.3 is 0 Å². The SMILES string of the molecule is c1ccc2c(c1)-c1ccccc1C21c2ccccc2-c2c1cc(-c1cc(-c3cccc4ccccc34)cc(-c3cccc4ccccc34)c1)c1ccccc21. The van der Waals surface area contributed by atoms with Gasteiger partial charge in [-0.3, -0.25) is 0 Å². The van der Waals surface area contributed by atoms with Crippen LogP contribution in [-0.2, 0) is 5.41 Å². The lowest BCUT2D eigenvalue weighted by molar-refractivity contribution is 0.794. The third-order valence-corrected chi connectivity index (χ3v) is 12.4. The summed E-state index contributed by atoms with van der Waals surface area (Å²) in [6, 6.07) is 77.2. The molecule has 1 spiro atoms. The molecular formula is C55H34. The molecule has 0 amide bonds. The van der Waals surface area contributed by atoms with Crippen molar-refractivity contribution in [3.8, 4) is 55.6 Å². The molecule has 0 aliphatic heterocycles. The first kappa shape index (κ1) is 30.4. The first-order valence-electron chi connectivity index (χ1n) is 19.3. The second kappa shape index (κ2) is 11.5. The molecule has 0 saturated carbocycles. The van der Waals surface area contributed by atoms with E-state index in [9.17, 15) is 0 Å². The molecule has 55 heavy (non-hydrogen) atoms. The summed E-state index contributed by atoms with van der Waals surface area (Å²) in [7, 11) is 0. The molecular weight excluding hydrogens is 661 g/mol. The molecule has 0 saturated heterocycles. The molecule has 0 atom stereocenters. The predicted molar refractivity (Wildman–Crippen MR) is 232 cm³/mol. The Labute approximate surface area is 320 Å². The maximum atomic E-state index is 2.56. The van der Waals surface area contributed by atoms with Crippen molar-refractivity contribution in [3.05, 3.63) is 229 Å². The average molecular weight is 695 g/mol. The van der Waals surface area contributed by atoms with Crippen molar-refractivity contribution in [1.82, 2.24) is 0 Å². The highest BCUT2D eigenvalue weighted by molar-refractivity contribution is 6.12. The Morgan fingerprint density at radius 1 is 0.236 bits per heavy atom. The number of hydrogen-bond donors (Lipinski definition) is 0. The van der Waals surface area contributed by atoms with E-state index in [0.29, 0.717) is 0 Å². The Hall–Kier alpha value is -7.02. The highest BCUT2D eigenvalue weighted by Gasteiger charge is 2.52. The van der Waals surface area contributed by atoms with Crippen molar-refractivity contribution in [2.24, 2.45) is 0 Å². The molecule has 10 aromatic rings. The van der Waals surface area contributed by atoms with Gasteiger partial charge < -0.3 is 0 Å². The van der Waals surface area contributed by atoms with Crippen LogP contribution in [0.4, 0.5) is 0 Å². The van der Waals surface area contributed by atoms with Gasteiger partial charge in [0.25, 0.3) is 0 Å². The minimum absolute atomic E-state index is 0.427. The second-order valence-corrected chi connectivity index (χ2v) is 15.1. The maximum absolute atomic E-state index is 2.56. The van der Waals surface area contributed by atoms with Crippen molar-refractivity contribution in [2.45, 2.75) is 5.41 Å². The molecule has 0 aromatic heterocycles. The van der Waals surface area contributed by atoms with Crippen molar-refractivity contribution in [1.29, 1.82) is 0 Å². The molecule has 12 rings (SSSR count). The zero-order valence-electron chi connectivity index (χ0n) is 30.1. The van der Waals surface area contributed by atoms with Crippen molar-refractivity contribution >= 4 is 32.3 Å². The third-order valence-electron chi connectivity index (χ3n) is 12.4. The Morgan fingerprint density at radius 3 is 1.18 bits per heavy atom. The zero-order chi connectivity index (χ0) is 36.1. The average Bonchev–Trinajstić information content (AvgIpc) is 3.73. The Kier molecular flexibility index (Phi) is 6.36. The normalized spacial score (nSPS) is 13.2. The van der Waals surface area contributed by atoms with E-state index in [4.69, 9.17) is 0 Å². The highest BCUT2D eigenvalue weighted by atomic mass is 14.5. The van der Waals surface area contributed by atoms with Gasteiger partial charge in [-0.05, 0) is 134 Å².